The molecule has 2 aromatic carbocycles. The molecule has 0 radical (unpaired) electrons. The molecule has 2 aliphatic heterocycles. The largest absolute Gasteiger partial charge is 0.454 e. The Bertz CT molecular complexity index is 855. The van der Waals surface area contributed by atoms with Crippen LogP contribution < -0.4 is 14.4 Å². The van der Waals surface area contributed by atoms with Crippen LogP contribution in [0.5, 0.6) is 11.5 Å². The lowest BCUT2D eigenvalue weighted by atomic mass is 9.66. The topological polar surface area (TPSA) is 43.1 Å². The predicted molar refractivity (Wildman–Crippen MR) is 103 cm³/mol. The Morgan fingerprint density at radius 2 is 1.86 bits per heavy atom. The maximum Gasteiger partial charge on any atom is 0.231 e. The summed E-state index contributed by atoms with van der Waals surface area (Å²) in [6, 6.07) is 13.2. The molecule has 1 saturated heterocycles. The van der Waals surface area contributed by atoms with Crippen molar-refractivity contribution in [2.24, 2.45) is 5.92 Å². The molecule has 1 unspecified atom stereocenters. The maximum atomic E-state index is 13.3. The van der Waals surface area contributed by atoms with Crippen LogP contribution in [0.4, 0.5) is 4.39 Å². The van der Waals surface area contributed by atoms with Gasteiger partial charge in [0.2, 0.25) is 6.79 Å². The lowest BCUT2D eigenvalue weighted by Crippen LogP contribution is -3.13. The number of fused-ring (bicyclic) bond motifs is 2. The minimum atomic E-state index is -0.578. The summed E-state index contributed by atoms with van der Waals surface area (Å²) in [6.45, 7) is 2.00. The van der Waals surface area contributed by atoms with Crippen LogP contribution in [0, 0.1) is 11.7 Å². The van der Waals surface area contributed by atoms with E-state index in [9.17, 15) is 9.50 Å². The molecular formula is C23H27FNO3+. The minimum absolute atomic E-state index is 0.193. The molecule has 2 N–H and O–H groups in total. The summed E-state index contributed by atoms with van der Waals surface area (Å²) in [4.78, 5) is 1.43. The van der Waals surface area contributed by atoms with Crippen LogP contribution in [-0.4, -0.2) is 24.0 Å². The van der Waals surface area contributed by atoms with E-state index >= 15 is 0 Å². The van der Waals surface area contributed by atoms with E-state index in [4.69, 9.17) is 9.47 Å². The number of halogens is 1. The number of hydrogen-bond donors (Lipinski definition) is 2. The molecule has 5 heteroatoms. The van der Waals surface area contributed by atoms with Crippen molar-refractivity contribution in [1.29, 1.82) is 0 Å². The fourth-order valence-corrected chi connectivity index (χ4v) is 5.49. The lowest BCUT2D eigenvalue weighted by molar-refractivity contribution is -0.958. The minimum Gasteiger partial charge on any atom is -0.454 e. The first-order valence-electron chi connectivity index (χ1n) is 10.3. The summed E-state index contributed by atoms with van der Waals surface area (Å²) in [5, 5.41) is 11.4. The molecule has 148 valence electrons. The highest BCUT2D eigenvalue weighted by Gasteiger charge is 2.51. The SMILES string of the molecule is O[C@@]12CCCC[C@H]1[C@@H](c1ccc3c(c1)OCO3)[NH+](Cc1ccc(F)cc1)CC2. The quantitative estimate of drug-likeness (QED) is 0.855. The van der Waals surface area contributed by atoms with Gasteiger partial charge < -0.3 is 19.5 Å². The van der Waals surface area contributed by atoms with Crippen molar-refractivity contribution in [1.82, 2.24) is 0 Å². The number of benzene rings is 2. The van der Waals surface area contributed by atoms with Gasteiger partial charge in [-0.25, -0.2) is 4.39 Å². The van der Waals surface area contributed by atoms with Gasteiger partial charge in [-0.1, -0.05) is 25.0 Å². The molecule has 0 bridgehead atoms. The molecule has 4 atom stereocenters. The molecule has 2 aromatic rings. The van der Waals surface area contributed by atoms with Crippen LogP contribution in [0.25, 0.3) is 0 Å². The van der Waals surface area contributed by atoms with E-state index in [0.717, 1.165) is 62.3 Å². The van der Waals surface area contributed by atoms with E-state index in [1.807, 2.05) is 18.2 Å². The fourth-order valence-electron chi connectivity index (χ4n) is 5.49. The van der Waals surface area contributed by atoms with Crippen molar-refractivity contribution in [2.45, 2.75) is 50.3 Å². The van der Waals surface area contributed by atoms with Crippen molar-refractivity contribution < 1.29 is 23.9 Å². The molecule has 2 heterocycles. The highest BCUT2D eigenvalue weighted by atomic mass is 19.1. The normalized spacial score (nSPS) is 31.4. The van der Waals surface area contributed by atoms with Crippen molar-refractivity contribution >= 4 is 0 Å². The molecule has 5 rings (SSSR count). The number of nitrogens with one attached hydrogen (secondary N) is 1. The second-order valence-electron chi connectivity index (χ2n) is 8.51. The number of quaternary nitrogens is 1. The van der Waals surface area contributed by atoms with Gasteiger partial charge in [0, 0.05) is 23.5 Å². The van der Waals surface area contributed by atoms with Crippen molar-refractivity contribution in [3.63, 3.8) is 0 Å². The van der Waals surface area contributed by atoms with E-state index < -0.39 is 5.60 Å². The number of ether oxygens (including phenoxy) is 2. The van der Waals surface area contributed by atoms with Gasteiger partial charge in [0.05, 0.1) is 12.1 Å². The van der Waals surface area contributed by atoms with E-state index in [1.165, 1.54) is 22.6 Å². The lowest BCUT2D eigenvalue weighted by Gasteiger charge is -2.50. The first-order chi connectivity index (χ1) is 13.6. The summed E-state index contributed by atoms with van der Waals surface area (Å²) in [7, 11) is 0. The standard InChI is InChI=1S/C23H26FNO3/c24-18-7-4-16(5-8-18)14-25-12-11-23(26)10-2-1-3-19(23)22(25)17-6-9-20-21(13-17)28-15-27-20/h4-9,13,19,22,26H,1-3,10-12,14-15H2/p+1/t19-,22+,23+/m0/s1. The second-order valence-corrected chi connectivity index (χ2v) is 8.51. The Morgan fingerprint density at radius 3 is 2.71 bits per heavy atom. The van der Waals surface area contributed by atoms with Crippen LogP contribution in [0.3, 0.4) is 0 Å². The summed E-state index contributed by atoms with van der Waals surface area (Å²) in [5.41, 5.74) is 1.75. The number of aliphatic hydroxyl groups is 1. The van der Waals surface area contributed by atoms with Gasteiger partial charge in [-0.05, 0) is 43.2 Å². The third kappa shape index (κ3) is 3.16. The average molecular weight is 384 g/mol. The maximum absolute atomic E-state index is 13.3. The Balaban J connectivity index is 1.50. The average Bonchev–Trinajstić information content (AvgIpc) is 3.17. The van der Waals surface area contributed by atoms with Gasteiger partial charge in [0.1, 0.15) is 18.4 Å². The van der Waals surface area contributed by atoms with Crippen molar-refractivity contribution in [3.8, 4) is 11.5 Å². The van der Waals surface area contributed by atoms with E-state index in [1.54, 1.807) is 0 Å². The van der Waals surface area contributed by atoms with E-state index in [2.05, 4.69) is 12.1 Å². The Labute approximate surface area is 164 Å². The summed E-state index contributed by atoms with van der Waals surface area (Å²) in [5.74, 6) is 1.61. The zero-order chi connectivity index (χ0) is 19.1. The third-order valence-corrected chi connectivity index (χ3v) is 6.89. The number of likely N-dealkylation sites (tertiary alicyclic amines) is 1. The summed E-state index contributed by atoms with van der Waals surface area (Å²) in [6.07, 6.45) is 5.03. The highest BCUT2D eigenvalue weighted by molar-refractivity contribution is 5.45. The molecule has 1 aliphatic carbocycles. The van der Waals surface area contributed by atoms with Gasteiger partial charge in [0.15, 0.2) is 11.5 Å². The van der Waals surface area contributed by atoms with E-state index in [-0.39, 0.29) is 24.6 Å². The molecule has 2 fully saturated rings. The summed E-state index contributed by atoms with van der Waals surface area (Å²) < 4.78 is 24.4. The van der Waals surface area contributed by atoms with Crippen LogP contribution in [-0.2, 0) is 6.54 Å². The smallest absolute Gasteiger partial charge is 0.231 e. The first-order valence-corrected chi connectivity index (χ1v) is 10.3. The molecule has 1 saturated carbocycles. The molecule has 0 spiro atoms. The number of rotatable bonds is 3. The molecule has 3 aliphatic rings. The van der Waals surface area contributed by atoms with Crippen LogP contribution in [0.1, 0.15) is 49.3 Å². The highest BCUT2D eigenvalue weighted by Crippen LogP contribution is 2.45. The first kappa shape index (κ1) is 18.0. The Hall–Kier alpha value is -2.11. The molecule has 0 amide bonds. The van der Waals surface area contributed by atoms with Crippen molar-refractivity contribution in [2.75, 3.05) is 13.3 Å². The molecule has 28 heavy (non-hydrogen) atoms. The predicted octanol–water partition coefficient (Wildman–Crippen LogP) is 3.01. The number of hydrogen-bond acceptors (Lipinski definition) is 3. The Kier molecular flexibility index (Phi) is 4.52. The van der Waals surface area contributed by atoms with Crippen molar-refractivity contribution in [3.05, 3.63) is 59.4 Å². The third-order valence-electron chi connectivity index (χ3n) is 6.89. The zero-order valence-electron chi connectivity index (χ0n) is 16.0. The molecular weight excluding hydrogens is 357 g/mol. The van der Waals surface area contributed by atoms with Crippen LogP contribution in [0.2, 0.25) is 0 Å². The number of piperidine rings is 1. The zero-order valence-corrected chi connectivity index (χ0v) is 16.0. The van der Waals surface area contributed by atoms with Crippen LogP contribution in [0.15, 0.2) is 42.5 Å². The summed E-state index contributed by atoms with van der Waals surface area (Å²) >= 11 is 0. The van der Waals surface area contributed by atoms with Gasteiger partial charge in [-0.15, -0.1) is 0 Å². The van der Waals surface area contributed by atoms with Gasteiger partial charge in [0.25, 0.3) is 0 Å². The Morgan fingerprint density at radius 1 is 1.04 bits per heavy atom. The van der Waals surface area contributed by atoms with Crippen LogP contribution >= 0.6 is 0 Å². The molecule has 4 nitrogen and oxygen atoms in total. The van der Waals surface area contributed by atoms with E-state index in [0.29, 0.717) is 0 Å². The monoisotopic (exact) mass is 384 g/mol. The molecule has 0 aromatic heterocycles. The second kappa shape index (κ2) is 7.05. The van der Waals surface area contributed by atoms with Gasteiger partial charge in [-0.2, -0.15) is 0 Å². The van der Waals surface area contributed by atoms with Gasteiger partial charge >= 0.3 is 0 Å². The fraction of sp³-hybridized carbons (Fsp3) is 0.478. The van der Waals surface area contributed by atoms with Gasteiger partial charge in [-0.3, -0.25) is 0 Å².